The SMILES string of the molecule is COC(=O)[C@H]1C[C@@H](NC(=O)OC(C)(C)C)C=C1C. The lowest BCUT2D eigenvalue weighted by Gasteiger charge is -2.21. The molecule has 0 aromatic heterocycles. The van der Waals surface area contributed by atoms with E-state index in [1.807, 2.05) is 13.0 Å². The molecule has 0 bridgehead atoms. The summed E-state index contributed by atoms with van der Waals surface area (Å²) in [6.07, 6.45) is 1.92. The third kappa shape index (κ3) is 4.05. The van der Waals surface area contributed by atoms with E-state index in [9.17, 15) is 9.59 Å². The molecule has 102 valence electrons. The minimum absolute atomic E-state index is 0.177. The van der Waals surface area contributed by atoms with Gasteiger partial charge in [-0.25, -0.2) is 4.79 Å². The Hall–Kier alpha value is -1.52. The summed E-state index contributed by atoms with van der Waals surface area (Å²) in [5.41, 5.74) is 0.395. The van der Waals surface area contributed by atoms with Gasteiger partial charge in [-0.1, -0.05) is 11.6 Å². The second-order valence-electron chi connectivity index (χ2n) is 5.47. The van der Waals surface area contributed by atoms with Crippen LogP contribution in [0.1, 0.15) is 34.1 Å². The summed E-state index contributed by atoms with van der Waals surface area (Å²) in [6.45, 7) is 7.27. The number of rotatable bonds is 2. The van der Waals surface area contributed by atoms with Gasteiger partial charge in [0.25, 0.3) is 0 Å². The van der Waals surface area contributed by atoms with Crippen LogP contribution < -0.4 is 5.32 Å². The summed E-state index contributed by atoms with van der Waals surface area (Å²) in [5, 5.41) is 2.73. The minimum atomic E-state index is -0.525. The van der Waals surface area contributed by atoms with Crippen molar-refractivity contribution >= 4 is 12.1 Å². The van der Waals surface area contributed by atoms with Crippen LogP contribution in [0, 0.1) is 5.92 Å². The highest BCUT2D eigenvalue weighted by Gasteiger charge is 2.31. The predicted octanol–water partition coefficient (Wildman–Crippen LogP) is 2.02. The van der Waals surface area contributed by atoms with Crippen molar-refractivity contribution in [3.05, 3.63) is 11.6 Å². The number of nitrogens with one attached hydrogen (secondary N) is 1. The van der Waals surface area contributed by atoms with Gasteiger partial charge >= 0.3 is 12.1 Å². The molecule has 0 spiro atoms. The number of esters is 1. The third-order valence-electron chi connectivity index (χ3n) is 2.69. The van der Waals surface area contributed by atoms with Gasteiger partial charge in [0.1, 0.15) is 5.60 Å². The van der Waals surface area contributed by atoms with E-state index < -0.39 is 11.7 Å². The lowest BCUT2D eigenvalue weighted by atomic mass is 10.0. The molecule has 18 heavy (non-hydrogen) atoms. The number of methoxy groups -OCH3 is 1. The van der Waals surface area contributed by atoms with Gasteiger partial charge < -0.3 is 14.8 Å². The molecule has 5 heteroatoms. The Morgan fingerprint density at radius 1 is 1.39 bits per heavy atom. The van der Waals surface area contributed by atoms with Crippen LogP contribution in [0.15, 0.2) is 11.6 Å². The zero-order valence-corrected chi connectivity index (χ0v) is 11.6. The van der Waals surface area contributed by atoms with E-state index in [1.54, 1.807) is 20.8 Å². The van der Waals surface area contributed by atoms with Gasteiger partial charge in [-0.15, -0.1) is 0 Å². The maximum Gasteiger partial charge on any atom is 0.408 e. The molecule has 5 nitrogen and oxygen atoms in total. The molecule has 1 aliphatic carbocycles. The van der Waals surface area contributed by atoms with Gasteiger partial charge in [0.2, 0.25) is 0 Å². The van der Waals surface area contributed by atoms with Crippen molar-refractivity contribution in [3.63, 3.8) is 0 Å². The Morgan fingerprint density at radius 3 is 2.50 bits per heavy atom. The van der Waals surface area contributed by atoms with Crippen LogP contribution in [-0.4, -0.2) is 30.8 Å². The molecule has 0 aromatic carbocycles. The third-order valence-corrected chi connectivity index (χ3v) is 2.69. The van der Waals surface area contributed by atoms with Crippen LogP contribution in [0.3, 0.4) is 0 Å². The highest BCUT2D eigenvalue weighted by atomic mass is 16.6. The number of carbonyl (C=O) groups excluding carboxylic acids is 2. The second kappa shape index (κ2) is 5.42. The molecule has 0 heterocycles. The van der Waals surface area contributed by atoms with Crippen LogP contribution in [-0.2, 0) is 14.3 Å². The number of hydrogen-bond acceptors (Lipinski definition) is 4. The van der Waals surface area contributed by atoms with Crippen molar-refractivity contribution in [1.29, 1.82) is 0 Å². The van der Waals surface area contributed by atoms with Gasteiger partial charge in [-0.3, -0.25) is 4.79 Å². The van der Waals surface area contributed by atoms with Crippen LogP contribution >= 0.6 is 0 Å². The predicted molar refractivity (Wildman–Crippen MR) is 67.0 cm³/mol. The van der Waals surface area contributed by atoms with Crippen molar-refractivity contribution in [3.8, 4) is 0 Å². The first-order valence-corrected chi connectivity index (χ1v) is 5.98. The summed E-state index contributed by atoms with van der Waals surface area (Å²) >= 11 is 0. The Kier molecular flexibility index (Phi) is 4.38. The molecule has 0 saturated carbocycles. The fourth-order valence-electron chi connectivity index (χ4n) is 1.93. The molecule has 0 aromatic rings. The Balaban J connectivity index is 2.52. The molecule has 1 amide bonds. The summed E-state index contributed by atoms with van der Waals surface area (Å²) in [6, 6.07) is -0.177. The Labute approximate surface area is 108 Å². The zero-order chi connectivity index (χ0) is 13.9. The zero-order valence-electron chi connectivity index (χ0n) is 11.6. The highest BCUT2D eigenvalue weighted by molar-refractivity contribution is 5.77. The summed E-state index contributed by atoms with van der Waals surface area (Å²) in [7, 11) is 1.37. The van der Waals surface area contributed by atoms with Crippen molar-refractivity contribution < 1.29 is 19.1 Å². The fourth-order valence-corrected chi connectivity index (χ4v) is 1.93. The lowest BCUT2D eigenvalue weighted by molar-refractivity contribution is -0.144. The van der Waals surface area contributed by atoms with Gasteiger partial charge in [-0.05, 0) is 34.1 Å². The van der Waals surface area contributed by atoms with E-state index in [0.717, 1.165) is 5.57 Å². The van der Waals surface area contributed by atoms with E-state index in [4.69, 9.17) is 9.47 Å². The van der Waals surface area contributed by atoms with E-state index in [1.165, 1.54) is 7.11 Å². The van der Waals surface area contributed by atoms with E-state index in [0.29, 0.717) is 6.42 Å². The fraction of sp³-hybridized carbons (Fsp3) is 0.692. The van der Waals surface area contributed by atoms with Crippen LogP contribution in [0.5, 0.6) is 0 Å². The first-order chi connectivity index (χ1) is 8.23. The molecule has 0 fully saturated rings. The lowest BCUT2D eigenvalue weighted by Crippen LogP contribution is -2.38. The highest BCUT2D eigenvalue weighted by Crippen LogP contribution is 2.26. The number of hydrogen-bond donors (Lipinski definition) is 1. The number of carbonyl (C=O) groups is 2. The molecule has 1 N–H and O–H groups in total. The molecule has 0 radical (unpaired) electrons. The average Bonchev–Trinajstić information content (AvgIpc) is 2.55. The van der Waals surface area contributed by atoms with Crippen LogP contribution in [0.2, 0.25) is 0 Å². The molecular formula is C13H21NO4. The molecule has 1 aliphatic rings. The van der Waals surface area contributed by atoms with Crippen molar-refractivity contribution in [2.75, 3.05) is 7.11 Å². The summed E-state index contributed by atoms with van der Waals surface area (Å²) < 4.78 is 9.88. The standard InChI is InChI=1S/C13H21NO4/c1-8-6-9(7-10(8)11(15)17-5)14-12(16)18-13(2,3)4/h6,9-10H,7H2,1-5H3,(H,14,16)/t9-,10-/m0/s1. The second-order valence-corrected chi connectivity index (χ2v) is 5.47. The average molecular weight is 255 g/mol. The van der Waals surface area contributed by atoms with E-state index in [2.05, 4.69) is 5.32 Å². The molecule has 0 aliphatic heterocycles. The Bertz CT molecular complexity index is 368. The molecule has 0 saturated heterocycles. The molecular weight excluding hydrogens is 234 g/mol. The maximum atomic E-state index is 11.6. The summed E-state index contributed by atoms with van der Waals surface area (Å²) in [4.78, 5) is 23.1. The van der Waals surface area contributed by atoms with Crippen molar-refractivity contribution in [2.45, 2.75) is 45.8 Å². The molecule has 0 unspecified atom stereocenters. The van der Waals surface area contributed by atoms with Crippen molar-refractivity contribution in [2.24, 2.45) is 5.92 Å². The van der Waals surface area contributed by atoms with Gasteiger partial charge in [0.05, 0.1) is 19.1 Å². The normalized spacial score (nSPS) is 23.3. The first kappa shape index (κ1) is 14.5. The monoisotopic (exact) mass is 255 g/mol. The Morgan fingerprint density at radius 2 is 2.00 bits per heavy atom. The number of alkyl carbamates (subject to hydrolysis) is 1. The van der Waals surface area contributed by atoms with E-state index >= 15 is 0 Å². The van der Waals surface area contributed by atoms with Gasteiger partial charge in [0.15, 0.2) is 0 Å². The van der Waals surface area contributed by atoms with Crippen LogP contribution in [0.25, 0.3) is 0 Å². The minimum Gasteiger partial charge on any atom is -0.469 e. The topological polar surface area (TPSA) is 64.6 Å². The van der Waals surface area contributed by atoms with Crippen molar-refractivity contribution in [1.82, 2.24) is 5.32 Å². The number of amides is 1. The number of ether oxygens (including phenoxy) is 2. The van der Waals surface area contributed by atoms with E-state index in [-0.39, 0.29) is 17.9 Å². The molecule has 2 atom stereocenters. The van der Waals surface area contributed by atoms with Gasteiger partial charge in [0, 0.05) is 0 Å². The maximum absolute atomic E-state index is 11.6. The first-order valence-electron chi connectivity index (χ1n) is 5.98. The van der Waals surface area contributed by atoms with Crippen LogP contribution in [0.4, 0.5) is 4.79 Å². The summed E-state index contributed by atoms with van der Waals surface area (Å²) in [5.74, 6) is -0.535. The van der Waals surface area contributed by atoms with Gasteiger partial charge in [-0.2, -0.15) is 0 Å². The largest absolute Gasteiger partial charge is 0.469 e. The smallest absolute Gasteiger partial charge is 0.408 e. The quantitative estimate of drug-likeness (QED) is 0.605. The molecule has 1 rings (SSSR count).